The van der Waals surface area contributed by atoms with Gasteiger partial charge in [0.1, 0.15) is 11.6 Å². The molecule has 0 bridgehead atoms. The van der Waals surface area contributed by atoms with E-state index in [1.165, 1.54) is 13.3 Å². The SMILES string of the molecule is COC(=O)c1cncc2c(NCCn3ccnc3C)nccc12. The van der Waals surface area contributed by atoms with Gasteiger partial charge in [0, 0.05) is 54.8 Å². The van der Waals surface area contributed by atoms with Crippen LogP contribution in [-0.4, -0.2) is 39.1 Å². The third-order valence-electron chi connectivity index (χ3n) is 3.66. The summed E-state index contributed by atoms with van der Waals surface area (Å²) in [5.74, 6) is 1.25. The van der Waals surface area contributed by atoms with Crippen LogP contribution in [0.5, 0.6) is 0 Å². The molecule has 0 atom stereocenters. The van der Waals surface area contributed by atoms with Crippen molar-refractivity contribution in [3.05, 3.63) is 48.4 Å². The molecule has 3 aromatic heterocycles. The van der Waals surface area contributed by atoms with Crippen LogP contribution in [0.2, 0.25) is 0 Å². The molecule has 118 valence electrons. The molecule has 3 heterocycles. The Labute approximate surface area is 133 Å². The molecule has 0 radical (unpaired) electrons. The van der Waals surface area contributed by atoms with Crippen LogP contribution in [0.3, 0.4) is 0 Å². The summed E-state index contributed by atoms with van der Waals surface area (Å²) in [6.45, 7) is 3.42. The number of carbonyl (C=O) groups excluding carboxylic acids is 1. The smallest absolute Gasteiger partial charge is 0.340 e. The Morgan fingerprint density at radius 1 is 1.26 bits per heavy atom. The summed E-state index contributed by atoms with van der Waals surface area (Å²) >= 11 is 0. The maximum atomic E-state index is 11.8. The molecule has 0 amide bonds. The number of hydrogen-bond acceptors (Lipinski definition) is 6. The average molecular weight is 311 g/mol. The fraction of sp³-hybridized carbons (Fsp3) is 0.250. The van der Waals surface area contributed by atoms with E-state index in [1.54, 1.807) is 24.7 Å². The molecule has 0 fully saturated rings. The van der Waals surface area contributed by atoms with Crippen molar-refractivity contribution in [1.82, 2.24) is 19.5 Å². The predicted molar refractivity (Wildman–Crippen MR) is 86.3 cm³/mol. The van der Waals surface area contributed by atoms with Gasteiger partial charge >= 0.3 is 5.97 Å². The summed E-state index contributed by atoms with van der Waals surface area (Å²) in [7, 11) is 1.36. The van der Waals surface area contributed by atoms with Crippen LogP contribution >= 0.6 is 0 Å². The zero-order chi connectivity index (χ0) is 16.2. The molecule has 7 nitrogen and oxygen atoms in total. The summed E-state index contributed by atoms with van der Waals surface area (Å²) in [5, 5.41) is 4.84. The summed E-state index contributed by atoms with van der Waals surface area (Å²) < 4.78 is 6.85. The van der Waals surface area contributed by atoms with Crippen molar-refractivity contribution in [3.63, 3.8) is 0 Å². The van der Waals surface area contributed by atoms with Crippen LogP contribution < -0.4 is 5.32 Å². The number of pyridine rings is 2. The first-order chi connectivity index (χ1) is 11.2. The number of esters is 1. The van der Waals surface area contributed by atoms with Crippen LogP contribution in [-0.2, 0) is 11.3 Å². The molecule has 23 heavy (non-hydrogen) atoms. The first-order valence-corrected chi connectivity index (χ1v) is 7.23. The lowest BCUT2D eigenvalue weighted by Crippen LogP contribution is -2.12. The number of nitrogens with one attached hydrogen (secondary N) is 1. The van der Waals surface area contributed by atoms with Gasteiger partial charge in [-0.1, -0.05) is 0 Å². The molecular formula is C16H17N5O2. The molecule has 3 aromatic rings. The lowest BCUT2D eigenvalue weighted by atomic mass is 10.1. The lowest BCUT2D eigenvalue weighted by molar-refractivity contribution is 0.0602. The minimum atomic E-state index is -0.408. The van der Waals surface area contributed by atoms with Gasteiger partial charge in [-0.15, -0.1) is 0 Å². The van der Waals surface area contributed by atoms with Crippen molar-refractivity contribution < 1.29 is 9.53 Å². The zero-order valence-corrected chi connectivity index (χ0v) is 13.0. The van der Waals surface area contributed by atoms with Gasteiger partial charge in [-0.25, -0.2) is 14.8 Å². The molecule has 7 heteroatoms. The Balaban J connectivity index is 1.84. The maximum absolute atomic E-state index is 11.8. The molecule has 0 unspecified atom stereocenters. The van der Waals surface area contributed by atoms with Crippen LogP contribution in [0.15, 0.2) is 37.1 Å². The second-order valence-corrected chi connectivity index (χ2v) is 5.03. The average Bonchev–Trinajstić information content (AvgIpc) is 2.99. The van der Waals surface area contributed by atoms with E-state index in [1.807, 2.05) is 13.1 Å². The van der Waals surface area contributed by atoms with Gasteiger partial charge in [-0.2, -0.15) is 0 Å². The Bertz CT molecular complexity index is 843. The van der Waals surface area contributed by atoms with Crippen molar-refractivity contribution in [2.24, 2.45) is 0 Å². The van der Waals surface area contributed by atoms with E-state index in [4.69, 9.17) is 4.74 Å². The number of rotatable bonds is 5. The number of carbonyl (C=O) groups is 1. The molecule has 0 saturated carbocycles. The van der Waals surface area contributed by atoms with E-state index in [0.29, 0.717) is 17.9 Å². The normalized spacial score (nSPS) is 10.7. The number of aromatic nitrogens is 4. The number of methoxy groups -OCH3 is 1. The molecule has 0 spiro atoms. The summed E-state index contributed by atoms with van der Waals surface area (Å²) in [6.07, 6.45) is 8.58. The Hall–Kier alpha value is -2.96. The largest absolute Gasteiger partial charge is 0.465 e. The van der Waals surface area contributed by atoms with Crippen molar-refractivity contribution in [3.8, 4) is 0 Å². The molecule has 0 aliphatic heterocycles. The highest BCUT2D eigenvalue weighted by molar-refractivity contribution is 6.06. The number of aryl methyl sites for hydroxylation is 1. The molecule has 0 aliphatic carbocycles. The van der Waals surface area contributed by atoms with Gasteiger partial charge in [0.25, 0.3) is 0 Å². The summed E-state index contributed by atoms with van der Waals surface area (Å²) in [6, 6.07) is 1.79. The van der Waals surface area contributed by atoms with E-state index >= 15 is 0 Å². The Kier molecular flexibility index (Phi) is 4.18. The van der Waals surface area contributed by atoms with Gasteiger partial charge in [0.2, 0.25) is 0 Å². The second-order valence-electron chi connectivity index (χ2n) is 5.03. The maximum Gasteiger partial charge on any atom is 0.340 e. The van der Waals surface area contributed by atoms with Crippen molar-refractivity contribution in [2.45, 2.75) is 13.5 Å². The molecule has 3 rings (SSSR count). The van der Waals surface area contributed by atoms with Gasteiger partial charge in [0.15, 0.2) is 0 Å². The highest BCUT2D eigenvalue weighted by Crippen LogP contribution is 2.23. The number of ether oxygens (including phenoxy) is 1. The number of nitrogens with zero attached hydrogens (tertiary/aromatic N) is 4. The number of fused-ring (bicyclic) bond motifs is 1. The van der Waals surface area contributed by atoms with E-state index in [0.717, 1.165) is 23.1 Å². The monoisotopic (exact) mass is 311 g/mol. The van der Waals surface area contributed by atoms with Gasteiger partial charge < -0.3 is 14.6 Å². The topological polar surface area (TPSA) is 81.9 Å². The molecule has 0 aromatic carbocycles. The van der Waals surface area contributed by atoms with Crippen LogP contribution in [0, 0.1) is 6.92 Å². The van der Waals surface area contributed by atoms with E-state index in [2.05, 4.69) is 24.8 Å². The van der Waals surface area contributed by atoms with E-state index in [9.17, 15) is 4.79 Å². The van der Waals surface area contributed by atoms with Gasteiger partial charge in [-0.05, 0) is 13.0 Å². The van der Waals surface area contributed by atoms with E-state index < -0.39 is 5.97 Å². The predicted octanol–water partition coefficient (Wildman–Crippen LogP) is 2.03. The molecule has 0 aliphatic rings. The highest BCUT2D eigenvalue weighted by Gasteiger charge is 2.13. The third kappa shape index (κ3) is 2.98. The third-order valence-corrected chi connectivity index (χ3v) is 3.66. The number of hydrogen-bond donors (Lipinski definition) is 1. The fourth-order valence-corrected chi connectivity index (χ4v) is 2.44. The first-order valence-electron chi connectivity index (χ1n) is 7.23. The molecule has 0 saturated heterocycles. The van der Waals surface area contributed by atoms with Crippen molar-refractivity contribution in [1.29, 1.82) is 0 Å². The zero-order valence-electron chi connectivity index (χ0n) is 13.0. The Morgan fingerprint density at radius 3 is 2.87 bits per heavy atom. The Morgan fingerprint density at radius 2 is 2.13 bits per heavy atom. The summed E-state index contributed by atoms with van der Waals surface area (Å²) in [5.41, 5.74) is 0.431. The second kappa shape index (κ2) is 6.43. The standard InChI is InChI=1S/C16H17N5O2/c1-11-18-5-7-21(11)8-6-20-15-13-9-17-10-14(16(22)23-2)12(13)3-4-19-15/h3-5,7,9-10H,6,8H2,1-2H3,(H,19,20). The number of anilines is 1. The van der Waals surface area contributed by atoms with Crippen molar-refractivity contribution in [2.75, 3.05) is 19.0 Å². The quantitative estimate of drug-likeness (QED) is 0.726. The molecule has 1 N–H and O–H groups in total. The van der Waals surface area contributed by atoms with Gasteiger partial charge in [-0.3, -0.25) is 4.98 Å². The number of imidazole rings is 1. The molecular weight excluding hydrogens is 294 g/mol. The van der Waals surface area contributed by atoms with E-state index in [-0.39, 0.29) is 0 Å². The van der Waals surface area contributed by atoms with Crippen molar-refractivity contribution >= 4 is 22.6 Å². The fourth-order valence-electron chi connectivity index (χ4n) is 2.44. The van der Waals surface area contributed by atoms with Crippen LogP contribution in [0.4, 0.5) is 5.82 Å². The minimum Gasteiger partial charge on any atom is -0.465 e. The minimum absolute atomic E-state index is 0.408. The van der Waals surface area contributed by atoms with Gasteiger partial charge in [0.05, 0.1) is 12.7 Å². The lowest BCUT2D eigenvalue weighted by Gasteiger charge is -2.11. The summed E-state index contributed by atoms with van der Waals surface area (Å²) in [4.78, 5) is 24.5. The van der Waals surface area contributed by atoms with Crippen LogP contribution in [0.25, 0.3) is 10.8 Å². The first kappa shape index (κ1) is 15.0. The van der Waals surface area contributed by atoms with Crippen LogP contribution in [0.1, 0.15) is 16.2 Å². The highest BCUT2D eigenvalue weighted by atomic mass is 16.5.